The summed E-state index contributed by atoms with van der Waals surface area (Å²) in [4.78, 5) is 7.94. The standard InChI is InChI=1S/C13H10ClN3O/c1-7-2-3-9-8(4-7)5-10(18-9)12-11(14)13(15)17-6-16-12/h2-6H,1H3,(H2,15,16,17). The smallest absolute Gasteiger partial charge is 0.155 e. The van der Waals surface area contributed by atoms with Crippen molar-refractivity contribution >= 4 is 28.4 Å². The first-order chi connectivity index (χ1) is 8.65. The maximum atomic E-state index is 6.08. The number of rotatable bonds is 1. The summed E-state index contributed by atoms with van der Waals surface area (Å²) < 4.78 is 5.71. The van der Waals surface area contributed by atoms with E-state index in [9.17, 15) is 0 Å². The summed E-state index contributed by atoms with van der Waals surface area (Å²) in [5.41, 5.74) is 8.13. The first kappa shape index (κ1) is 11.0. The van der Waals surface area contributed by atoms with Crippen molar-refractivity contribution in [3.63, 3.8) is 0 Å². The number of hydrogen-bond donors (Lipinski definition) is 1. The van der Waals surface area contributed by atoms with Gasteiger partial charge in [-0.05, 0) is 25.1 Å². The largest absolute Gasteiger partial charge is 0.454 e. The molecule has 90 valence electrons. The van der Waals surface area contributed by atoms with Gasteiger partial charge in [0.25, 0.3) is 0 Å². The number of nitrogens with two attached hydrogens (primary N) is 1. The minimum Gasteiger partial charge on any atom is -0.454 e. The van der Waals surface area contributed by atoms with E-state index in [0.29, 0.717) is 16.5 Å². The summed E-state index contributed by atoms with van der Waals surface area (Å²) in [7, 11) is 0. The summed E-state index contributed by atoms with van der Waals surface area (Å²) in [5.74, 6) is 0.841. The highest BCUT2D eigenvalue weighted by Crippen LogP contribution is 2.33. The molecular weight excluding hydrogens is 250 g/mol. The maximum Gasteiger partial charge on any atom is 0.155 e. The van der Waals surface area contributed by atoms with Gasteiger partial charge in [0, 0.05) is 5.39 Å². The first-order valence-electron chi connectivity index (χ1n) is 5.41. The minimum absolute atomic E-state index is 0.248. The molecule has 0 amide bonds. The van der Waals surface area contributed by atoms with Gasteiger partial charge in [-0.2, -0.15) is 0 Å². The van der Waals surface area contributed by atoms with Crippen LogP contribution < -0.4 is 5.73 Å². The zero-order valence-electron chi connectivity index (χ0n) is 9.64. The molecule has 0 spiro atoms. The zero-order chi connectivity index (χ0) is 12.7. The molecule has 5 heteroatoms. The molecule has 4 nitrogen and oxygen atoms in total. The first-order valence-corrected chi connectivity index (χ1v) is 5.79. The molecule has 1 aromatic carbocycles. The molecule has 0 bridgehead atoms. The molecule has 3 rings (SSSR count). The Bertz CT molecular complexity index is 736. The third-order valence-electron chi connectivity index (χ3n) is 2.72. The van der Waals surface area contributed by atoms with Gasteiger partial charge in [0.05, 0.1) is 0 Å². The molecule has 18 heavy (non-hydrogen) atoms. The van der Waals surface area contributed by atoms with Crippen molar-refractivity contribution in [2.75, 3.05) is 5.73 Å². The Kier molecular flexibility index (Phi) is 2.45. The molecule has 0 aliphatic rings. The van der Waals surface area contributed by atoms with E-state index in [1.165, 1.54) is 11.9 Å². The van der Waals surface area contributed by atoms with Crippen molar-refractivity contribution in [1.29, 1.82) is 0 Å². The third-order valence-corrected chi connectivity index (χ3v) is 3.09. The van der Waals surface area contributed by atoms with Crippen LogP contribution in [0.3, 0.4) is 0 Å². The number of hydrogen-bond acceptors (Lipinski definition) is 4. The number of halogens is 1. The number of aryl methyl sites for hydroxylation is 1. The van der Waals surface area contributed by atoms with Crippen LogP contribution in [-0.2, 0) is 0 Å². The molecule has 3 aromatic rings. The van der Waals surface area contributed by atoms with E-state index in [0.717, 1.165) is 11.0 Å². The van der Waals surface area contributed by atoms with Crippen LogP contribution >= 0.6 is 11.6 Å². The summed E-state index contributed by atoms with van der Waals surface area (Å²) in [5, 5.41) is 1.33. The average molecular weight is 260 g/mol. The van der Waals surface area contributed by atoms with E-state index in [2.05, 4.69) is 9.97 Å². The van der Waals surface area contributed by atoms with Gasteiger partial charge < -0.3 is 10.2 Å². The molecule has 2 heterocycles. The lowest BCUT2D eigenvalue weighted by Crippen LogP contribution is -1.94. The molecule has 0 aliphatic carbocycles. The van der Waals surface area contributed by atoms with Gasteiger partial charge in [-0.25, -0.2) is 9.97 Å². The van der Waals surface area contributed by atoms with Crippen LogP contribution in [0.25, 0.3) is 22.4 Å². The van der Waals surface area contributed by atoms with E-state index in [4.69, 9.17) is 21.8 Å². The fourth-order valence-electron chi connectivity index (χ4n) is 1.83. The van der Waals surface area contributed by atoms with Crippen LogP contribution in [-0.4, -0.2) is 9.97 Å². The van der Waals surface area contributed by atoms with Crippen molar-refractivity contribution in [3.8, 4) is 11.5 Å². The number of anilines is 1. The van der Waals surface area contributed by atoms with Gasteiger partial charge in [-0.3, -0.25) is 0 Å². The molecule has 0 saturated carbocycles. The number of furan rings is 1. The van der Waals surface area contributed by atoms with Crippen LogP contribution in [0.5, 0.6) is 0 Å². The highest BCUT2D eigenvalue weighted by Gasteiger charge is 2.13. The number of nitrogen functional groups attached to an aromatic ring is 1. The Labute approximate surface area is 108 Å². The van der Waals surface area contributed by atoms with Crippen molar-refractivity contribution in [2.45, 2.75) is 6.92 Å². The zero-order valence-corrected chi connectivity index (χ0v) is 10.4. The number of aromatic nitrogens is 2. The van der Waals surface area contributed by atoms with Crippen LogP contribution in [0.2, 0.25) is 5.02 Å². The lowest BCUT2D eigenvalue weighted by molar-refractivity contribution is 0.628. The lowest BCUT2D eigenvalue weighted by atomic mass is 10.2. The summed E-state index contributed by atoms with van der Waals surface area (Å²) >= 11 is 6.08. The Balaban J connectivity index is 2.22. The molecule has 0 unspecified atom stereocenters. The molecular formula is C13H10ClN3O. The number of benzene rings is 1. The Morgan fingerprint density at radius 1 is 1.22 bits per heavy atom. The average Bonchev–Trinajstić information content (AvgIpc) is 2.75. The molecule has 0 fully saturated rings. The molecule has 0 saturated heterocycles. The van der Waals surface area contributed by atoms with Gasteiger partial charge in [0.1, 0.15) is 28.4 Å². The van der Waals surface area contributed by atoms with Crippen LogP contribution in [0.1, 0.15) is 5.56 Å². The van der Waals surface area contributed by atoms with Crippen molar-refractivity contribution in [3.05, 3.63) is 41.2 Å². The van der Waals surface area contributed by atoms with Gasteiger partial charge in [-0.15, -0.1) is 0 Å². The summed E-state index contributed by atoms with van der Waals surface area (Å²) in [6, 6.07) is 7.86. The van der Waals surface area contributed by atoms with E-state index < -0.39 is 0 Å². The van der Waals surface area contributed by atoms with E-state index >= 15 is 0 Å². The molecule has 2 N–H and O–H groups in total. The highest BCUT2D eigenvalue weighted by atomic mass is 35.5. The second-order valence-corrected chi connectivity index (χ2v) is 4.45. The SMILES string of the molecule is Cc1ccc2oc(-c3ncnc(N)c3Cl)cc2c1. The van der Waals surface area contributed by atoms with Gasteiger partial charge >= 0.3 is 0 Å². The summed E-state index contributed by atoms with van der Waals surface area (Å²) in [6.07, 6.45) is 1.37. The van der Waals surface area contributed by atoms with E-state index in [1.807, 2.05) is 31.2 Å². The maximum absolute atomic E-state index is 6.08. The Morgan fingerprint density at radius 2 is 2.06 bits per heavy atom. The van der Waals surface area contributed by atoms with Gasteiger partial charge in [-0.1, -0.05) is 23.2 Å². The monoisotopic (exact) mass is 259 g/mol. The third kappa shape index (κ3) is 1.71. The summed E-state index contributed by atoms with van der Waals surface area (Å²) in [6.45, 7) is 2.03. The highest BCUT2D eigenvalue weighted by molar-refractivity contribution is 6.35. The molecule has 2 aromatic heterocycles. The predicted octanol–water partition coefficient (Wildman–Crippen LogP) is 3.43. The quantitative estimate of drug-likeness (QED) is 0.727. The fraction of sp³-hybridized carbons (Fsp3) is 0.0769. The van der Waals surface area contributed by atoms with Crippen LogP contribution in [0.15, 0.2) is 35.0 Å². The fourth-order valence-corrected chi connectivity index (χ4v) is 2.03. The van der Waals surface area contributed by atoms with Crippen molar-refractivity contribution in [1.82, 2.24) is 9.97 Å². The topological polar surface area (TPSA) is 64.9 Å². The van der Waals surface area contributed by atoms with Crippen molar-refractivity contribution in [2.24, 2.45) is 0 Å². The second-order valence-electron chi connectivity index (χ2n) is 4.07. The molecule has 0 atom stereocenters. The predicted molar refractivity (Wildman–Crippen MR) is 71.4 cm³/mol. The molecule has 0 radical (unpaired) electrons. The normalized spacial score (nSPS) is 11.0. The van der Waals surface area contributed by atoms with Crippen molar-refractivity contribution < 1.29 is 4.42 Å². The van der Waals surface area contributed by atoms with Gasteiger partial charge in [0.15, 0.2) is 5.76 Å². The Hall–Kier alpha value is -2.07. The molecule has 0 aliphatic heterocycles. The van der Waals surface area contributed by atoms with Crippen LogP contribution in [0.4, 0.5) is 5.82 Å². The van der Waals surface area contributed by atoms with E-state index in [-0.39, 0.29) is 5.82 Å². The van der Waals surface area contributed by atoms with Crippen LogP contribution in [0, 0.1) is 6.92 Å². The lowest BCUT2D eigenvalue weighted by Gasteiger charge is -2.00. The van der Waals surface area contributed by atoms with Gasteiger partial charge in [0.2, 0.25) is 0 Å². The second kappa shape index (κ2) is 3.99. The Morgan fingerprint density at radius 3 is 2.89 bits per heavy atom. The number of fused-ring (bicyclic) bond motifs is 1. The van der Waals surface area contributed by atoms with E-state index in [1.54, 1.807) is 0 Å². The minimum atomic E-state index is 0.248. The number of nitrogens with zero attached hydrogens (tertiary/aromatic N) is 2.